The lowest BCUT2D eigenvalue weighted by molar-refractivity contribution is -0.120. The first kappa shape index (κ1) is 13.0. The second kappa shape index (κ2) is 5.19. The first-order valence-electron chi connectivity index (χ1n) is 5.88. The third kappa shape index (κ3) is 2.37. The molecule has 0 atom stereocenters. The zero-order chi connectivity index (χ0) is 14.1. The Morgan fingerprint density at radius 1 is 1.35 bits per heavy atom. The molecule has 1 aliphatic rings. The highest BCUT2D eigenvalue weighted by molar-refractivity contribution is 7.10. The van der Waals surface area contributed by atoms with Crippen molar-refractivity contribution in [2.45, 2.75) is 6.42 Å². The minimum atomic E-state index is -0.313. The number of imide groups is 1. The van der Waals surface area contributed by atoms with E-state index in [-0.39, 0.29) is 18.2 Å². The minimum Gasteiger partial charge on any atom is -0.274 e. The zero-order valence-corrected chi connectivity index (χ0v) is 11.8. The number of carbonyl (C=O) groups excluding carboxylic acids is 2. The van der Waals surface area contributed by atoms with Crippen molar-refractivity contribution in [3.63, 3.8) is 0 Å². The average molecular weight is 305 g/mol. The number of aromatic nitrogens is 1. The molecule has 1 aromatic carbocycles. The van der Waals surface area contributed by atoms with E-state index in [4.69, 9.17) is 11.6 Å². The molecule has 3 rings (SSSR count). The first-order valence-corrected chi connectivity index (χ1v) is 7.14. The maximum absolute atomic E-state index is 12.3. The van der Waals surface area contributed by atoms with Gasteiger partial charge in [0.2, 0.25) is 5.91 Å². The van der Waals surface area contributed by atoms with Crippen molar-refractivity contribution < 1.29 is 9.59 Å². The molecular formula is C14H9ClN2O2S. The predicted molar refractivity (Wildman–Crippen MR) is 78.7 cm³/mol. The summed E-state index contributed by atoms with van der Waals surface area (Å²) >= 11 is 7.32. The third-order valence-corrected chi connectivity index (χ3v) is 3.84. The van der Waals surface area contributed by atoms with E-state index in [0.29, 0.717) is 21.3 Å². The van der Waals surface area contributed by atoms with Gasteiger partial charge >= 0.3 is 0 Å². The molecule has 0 bridgehead atoms. The van der Waals surface area contributed by atoms with Crippen LogP contribution in [0.15, 0.2) is 41.4 Å². The smallest absolute Gasteiger partial charge is 0.261 e. The van der Waals surface area contributed by atoms with Crippen LogP contribution < -0.4 is 4.90 Å². The fraction of sp³-hybridized carbons (Fsp3) is 0.0714. The highest BCUT2D eigenvalue weighted by Crippen LogP contribution is 2.29. The van der Waals surface area contributed by atoms with Crippen molar-refractivity contribution in [1.29, 1.82) is 0 Å². The Balaban J connectivity index is 1.95. The maximum atomic E-state index is 12.3. The minimum absolute atomic E-state index is 0.0882. The summed E-state index contributed by atoms with van der Waals surface area (Å²) in [6.07, 6.45) is 3.41. The van der Waals surface area contributed by atoms with Crippen LogP contribution in [0.5, 0.6) is 0 Å². The van der Waals surface area contributed by atoms with Crippen LogP contribution in [0.4, 0.5) is 5.69 Å². The van der Waals surface area contributed by atoms with Gasteiger partial charge in [-0.05, 0) is 24.3 Å². The van der Waals surface area contributed by atoms with Gasteiger partial charge in [0.05, 0.1) is 12.1 Å². The van der Waals surface area contributed by atoms with Gasteiger partial charge in [0.1, 0.15) is 5.01 Å². The van der Waals surface area contributed by atoms with E-state index >= 15 is 0 Å². The van der Waals surface area contributed by atoms with Gasteiger partial charge in [-0.2, -0.15) is 0 Å². The van der Waals surface area contributed by atoms with Crippen LogP contribution in [0.1, 0.15) is 11.4 Å². The van der Waals surface area contributed by atoms with Gasteiger partial charge in [-0.15, -0.1) is 11.3 Å². The van der Waals surface area contributed by atoms with Gasteiger partial charge in [-0.3, -0.25) is 9.59 Å². The van der Waals surface area contributed by atoms with E-state index < -0.39 is 0 Å². The fourth-order valence-corrected chi connectivity index (χ4v) is 2.80. The second-order valence-electron chi connectivity index (χ2n) is 4.23. The Labute approximate surface area is 124 Å². The van der Waals surface area contributed by atoms with Crippen LogP contribution in [0.3, 0.4) is 0 Å². The lowest BCUT2D eigenvalue weighted by atomic mass is 10.2. The third-order valence-electron chi connectivity index (χ3n) is 2.88. The molecule has 2 aromatic rings. The molecule has 4 nitrogen and oxygen atoms in total. The summed E-state index contributed by atoms with van der Waals surface area (Å²) in [6, 6.07) is 6.70. The van der Waals surface area contributed by atoms with Crippen LogP contribution in [0, 0.1) is 0 Å². The molecule has 20 heavy (non-hydrogen) atoms. The molecule has 1 aromatic heterocycles. The Kier molecular flexibility index (Phi) is 3.38. The molecule has 0 saturated carbocycles. The molecule has 0 radical (unpaired) electrons. The Hall–Kier alpha value is -1.98. The van der Waals surface area contributed by atoms with E-state index in [2.05, 4.69) is 4.98 Å². The molecule has 2 amide bonds. The summed E-state index contributed by atoms with van der Waals surface area (Å²) in [7, 11) is 0. The van der Waals surface area contributed by atoms with Crippen molar-refractivity contribution in [1.82, 2.24) is 4.98 Å². The number of nitrogens with zero attached hydrogens (tertiary/aromatic N) is 2. The lowest BCUT2D eigenvalue weighted by Gasteiger charge is -2.13. The van der Waals surface area contributed by atoms with E-state index in [0.717, 1.165) is 4.90 Å². The summed E-state index contributed by atoms with van der Waals surface area (Å²) in [5, 5.41) is 3.03. The zero-order valence-electron chi connectivity index (χ0n) is 10.2. The van der Waals surface area contributed by atoms with Crippen LogP contribution in [-0.4, -0.2) is 16.8 Å². The molecule has 0 spiro atoms. The average Bonchev–Trinajstić information content (AvgIpc) is 2.99. The number of benzene rings is 1. The number of halogens is 1. The fourth-order valence-electron chi connectivity index (χ4n) is 2.02. The van der Waals surface area contributed by atoms with Crippen LogP contribution in [0.25, 0.3) is 6.08 Å². The van der Waals surface area contributed by atoms with Gasteiger partial charge in [0, 0.05) is 22.2 Å². The SMILES string of the molecule is O=C1C/C(=C\c2nccs2)C(=O)N1c1cccc(Cl)c1. The summed E-state index contributed by atoms with van der Waals surface area (Å²) in [4.78, 5) is 29.6. The maximum Gasteiger partial charge on any atom is 0.261 e. The summed E-state index contributed by atoms with van der Waals surface area (Å²) in [5.74, 6) is -0.562. The van der Waals surface area contributed by atoms with Crippen molar-refractivity contribution in [2.24, 2.45) is 0 Å². The standard InChI is InChI=1S/C14H9ClN2O2S/c15-10-2-1-3-11(8-10)17-13(18)7-9(14(17)19)6-12-16-4-5-20-12/h1-6,8H,7H2/b9-6+. The highest BCUT2D eigenvalue weighted by Gasteiger charge is 2.35. The van der Waals surface area contributed by atoms with Crippen LogP contribution >= 0.6 is 22.9 Å². The molecule has 0 N–H and O–H groups in total. The van der Waals surface area contributed by atoms with Gasteiger partial charge in [-0.1, -0.05) is 17.7 Å². The van der Waals surface area contributed by atoms with E-state index in [1.165, 1.54) is 11.3 Å². The van der Waals surface area contributed by atoms with E-state index in [1.54, 1.807) is 36.5 Å². The Morgan fingerprint density at radius 2 is 2.20 bits per heavy atom. The quantitative estimate of drug-likeness (QED) is 0.632. The molecule has 100 valence electrons. The van der Waals surface area contributed by atoms with Gasteiger partial charge in [-0.25, -0.2) is 9.88 Å². The van der Waals surface area contributed by atoms with Gasteiger partial charge in [0.25, 0.3) is 5.91 Å². The lowest BCUT2D eigenvalue weighted by Crippen LogP contribution is -2.28. The second-order valence-corrected chi connectivity index (χ2v) is 5.59. The van der Waals surface area contributed by atoms with Crippen molar-refractivity contribution in [3.8, 4) is 0 Å². The number of hydrogen-bond acceptors (Lipinski definition) is 4. The Bertz CT molecular complexity index is 710. The molecule has 2 heterocycles. The molecule has 6 heteroatoms. The molecule has 0 aliphatic carbocycles. The topological polar surface area (TPSA) is 50.3 Å². The largest absolute Gasteiger partial charge is 0.274 e. The molecule has 1 fully saturated rings. The molecular weight excluding hydrogens is 296 g/mol. The molecule has 0 unspecified atom stereocenters. The van der Waals surface area contributed by atoms with Gasteiger partial charge < -0.3 is 0 Å². The number of thiazole rings is 1. The summed E-state index contributed by atoms with van der Waals surface area (Å²) in [5.41, 5.74) is 0.944. The molecule has 1 saturated heterocycles. The highest BCUT2D eigenvalue weighted by atomic mass is 35.5. The summed E-state index contributed by atoms with van der Waals surface area (Å²) in [6.45, 7) is 0. The number of anilines is 1. The summed E-state index contributed by atoms with van der Waals surface area (Å²) < 4.78 is 0. The van der Waals surface area contributed by atoms with Crippen molar-refractivity contribution in [2.75, 3.05) is 4.90 Å². The van der Waals surface area contributed by atoms with E-state index in [9.17, 15) is 9.59 Å². The normalized spacial score (nSPS) is 17.2. The number of hydrogen-bond donors (Lipinski definition) is 0. The first-order chi connectivity index (χ1) is 9.65. The predicted octanol–water partition coefficient (Wildman–Crippen LogP) is 3.14. The number of amides is 2. The van der Waals surface area contributed by atoms with E-state index in [1.807, 2.05) is 5.38 Å². The van der Waals surface area contributed by atoms with Crippen molar-refractivity contribution in [3.05, 3.63) is 51.4 Å². The van der Waals surface area contributed by atoms with Gasteiger partial charge in [0.15, 0.2) is 0 Å². The number of carbonyl (C=O) groups is 2. The van der Waals surface area contributed by atoms with Crippen molar-refractivity contribution >= 4 is 46.5 Å². The number of rotatable bonds is 2. The Morgan fingerprint density at radius 3 is 2.90 bits per heavy atom. The monoisotopic (exact) mass is 304 g/mol. The van der Waals surface area contributed by atoms with Crippen LogP contribution in [0.2, 0.25) is 5.02 Å². The van der Waals surface area contributed by atoms with Crippen LogP contribution in [-0.2, 0) is 9.59 Å². The molecule has 1 aliphatic heterocycles.